The normalized spacial score (nSPS) is 18.1. The van der Waals surface area contributed by atoms with Crippen molar-refractivity contribution < 1.29 is 9.13 Å². The predicted octanol–water partition coefficient (Wildman–Crippen LogP) is 5.78. The molecule has 1 N–H and O–H groups in total. The molecule has 1 saturated heterocycles. The number of alkyl halides is 1. The van der Waals surface area contributed by atoms with Crippen molar-refractivity contribution in [1.82, 2.24) is 20.1 Å². The van der Waals surface area contributed by atoms with Crippen LogP contribution in [0.5, 0.6) is 6.01 Å². The summed E-state index contributed by atoms with van der Waals surface area (Å²) < 4.78 is 21.2. The molecule has 2 fully saturated rings. The molecule has 182 valence electrons. The number of hydrogen-bond acceptors (Lipinski definition) is 5. The van der Waals surface area contributed by atoms with Gasteiger partial charge in [0, 0.05) is 25.2 Å². The van der Waals surface area contributed by atoms with Crippen LogP contribution in [0.1, 0.15) is 72.8 Å². The molecule has 35 heavy (non-hydrogen) atoms. The molecule has 0 atom stereocenters. The molecule has 0 amide bonds. The van der Waals surface area contributed by atoms with E-state index in [1.54, 1.807) is 24.3 Å². The number of rotatable bonds is 7. The molecule has 7 heteroatoms. The highest BCUT2D eigenvalue weighted by atomic mass is 19.1. The number of nitrogens with zero attached hydrogens (tertiary/aromatic N) is 4. The van der Waals surface area contributed by atoms with Crippen molar-refractivity contribution in [1.29, 1.82) is 5.26 Å². The smallest absolute Gasteiger partial charge is 0.335 e. The molecule has 1 saturated carbocycles. The first-order chi connectivity index (χ1) is 17.0. The Hall–Kier alpha value is -3.24. The van der Waals surface area contributed by atoms with Gasteiger partial charge in [0.2, 0.25) is 0 Å². The van der Waals surface area contributed by atoms with Crippen LogP contribution < -0.4 is 4.74 Å². The Labute approximate surface area is 206 Å². The molecule has 1 aliphatic heterocycles. The lowest BCUT2D eigenvalue weighted by Crippen LogP contribution is -2.40. The van der Waals surface area contributed by atoms with Gasteiger partial charge in [-0.25, -0.2) is 4.39 Å². The Morgan fingerprint density at radius 2 is 1.94 bits per heavy atom. The average molecular weight is 474 g/mol. The largest absolute Gasteiger partial charge is 0.463 e. The topological polar surface area (TPSA) is 77.8 Å². The quantitative estimate of drug-likeness (QED) is 0.471. The second-order valence-electron chi connectivity index (χ2n) is 9.82. The summed E-state index contributed by atoms with van der Waals surface area (Å²) in [7, 11) is 0. The fourth-order valence-corrected chi connectivity index (χ4v) is 5.21. The SMILES string of the molecule is CCOc1n[nH]c(-c2cc(CN3CCC(F)(c4ccc(C#N)cc4)CC3)c(C)cc2C2CCC2)n1. The van der Waals surface area contributed by atoms with Gasteiger partial charge in [0.25, 0.3) is 0 Å². The van der Waals surface area contributed by atoms with E-state index in [1.807, 2.05) is 6.92 Å². The van der Waals surface area contributed by atoms with Gasteiger partial charge in [-0.05, 0) is 85.9 Å². The van der Waals surface area contributed by atoms with Gasteiger partial charge in [0.05, 0.1) is 18.2 Å². The highest BCUT2D eigenvalue weighted by molar-refractivity contribution is 5.64. The van der Waals surface area contributed by atoms with Crippen molar-refractivity contribution in [3.63, 3.8) is 0 Å². The van der Waals surface area contributed by atoms with E-state index in [-0.39, 0.29) is 0 Å². The van der Waals surface area contributed by atoms with Gasteiger partial charge in [-0.3, -0.25) is 10.00 Å². The maximum Gasteiger partial charge on any atom is 0.335 e. The summed E-state index contributed by atoms with van der Waals surface area (Å²) in [5, 5.41) is 16.3. The number of benzene rings is 2. The fourth-order valence-electron chi connectivity index (χ4n) is 5.21. The van der Waals surface area contributed by atoms with E-state index in [4.69, 9.17) is 10.00 Å². The Morgan fingerprint density at radius 3 is 2.57 bits per heavy atom. The third kappa shape index (κ3) is 4.81. The fraction of sp³-hybridized carbons (Fsp3) is 0.464. The molecular weight excluding hydrogens is 441 g/mol. The average Bonchev–Trinajstić information content (AvgIpc) is 3.30. The van der Waals surface area contributed by atoms with Crippen LogP contribution in [-0.4, -0.2) is 39.8 Å². The minimum Gasteiger partial charge on any atom is -0.463 e. The van der Waals surface area contributed by atoms with Crippen LogP contribution in [0.25, 0.3) is 11.4 Å². The Bertz CT molecular complexity index is 1220. The molecular formula is C28H32FN5O. The number of aromatic nitrogens is 3. The third-order valence-corrected chi connectivity index (χ3v) is 7.62. The number of aromatic amines is 1. The van der Waals surface area contributed by atoms with Crippen molar-refractivity contribution in [2.45, 2.75) is 64.1 Å². The first kappa shape index (κ1) is 23.5. The van der Waals surface area contributed by atoms with Crippen LogP contribution >= 0.6 is 0 Å². The molecule has 1 aromatic heterocycles. The van der Waals surface area contributed by atoms with Crippen LogP contribution in [-0.2, 0) is 12.2 Å². The minimum atomic E-state index is -1.34. The van der Waals surface area contributed by atoms with E-state index in [2.05, 4.69) is 45.2 Å². The molecule has 2 heterocycles. The van der Waals surface area contributed by atoms with Gasteiger partial charge in [0.15, 0.2) is 5.82 Å². The Balaban J connectivity index is 1.34. The van der Waals surface area contributed by atoms with Crippen LogP contribution in [0.3, 0.4) is 0 Å². The summed E-state index contributed by atoms with van der Waals surface area (Å²) in [4.78, 5) is 6.92. The number of hydrogen-bond donors (Lipinski definition) is 1. The zero-order chi connectivity index (χ0) is 24.4. The van der Waals surface area contributed by atoms with E-state index in [0.29, 0.717) is 55.6 Å². The first-order valence-corrected chi connectivity index (χ1v) is 12.6. The summed E-state index contributed by atoms with van der Waals surface area (Å²) >= 11 is 0. The lowest BCUT2D eigenvalue weighted by molar-refractivity contribution is 0.0525. The van der Waals surface area contributed by atoms with Gasteiger partial charge in [0.1, 0.15) is 5.67 Å². The zero-order valence-electron chi connectivity index (χ0n) is 20.5. The molecule has 0 unspecified atom stereocenters. The number of H-pyrrole nitrogens is 1. The van der Waals surface area contributed by atoms with Gasteiger partial charge < -0.3 is 4.74 Å². The van der Waals surface area contributed by atoms with Crippen molar-refractivity contribution in [2.24, 2.45) is 0 Å². The molecule has 2 aromatic carbocycles. The number of nitriles is 1. The second kappa shape index (κ2) is 9.79. The number of aryl methyl sites for hydroxylation is 1. The van der Waals surface area contributed by atoms with Gasteiger partial charge in [-0.1, -0.05) is 24.6 Å². The monoisotopic (exact) mass is 473 g/mol. The van der Waals surface area contributed by atoms with Crippen LogP contribution in [0.15, 0.2) is 36.4 Å². The van der Waals surface area contributed by atoms with Gasteiger partial charge in [-0.15, -0.1) is 5.10 Å². The number of likely N-dealkylation sites (tertiary alicyclic amines) is 1. The molecule has 1 aliphatic carbocycles. The second-order valence-corrected chi connectivity index (χ2v) is 9.82. The minimum absolute atomic E-state index is 0.377. The first-order valence-electron chi connectivity index (χ1n) is 12.6. The molecule has 0 spiro atoms. The molecule has 6 nitrogen and oxygen atoms in total. The van der Waals surface area contributed by atoms with Gasteiger partial charge in [-0.2, -0.15) is 10.2 Å². The molecule has 3 aromatic rings. The highest BCUT2D eigenvalue weighted by Gasteiger charge is 2.36. The number of ether oxygens (including phenoxy) is 1. The van der Waals surface area contributed by atoms with E-state index < -0.39 is 5.67 Å². The predicted molar refractivity (Wildman–Crippen MR) is 133 cm³/mol. The lowest BCUT2D eigenvalue weighted by atomic mass is 9.77. The summed E-state index contributed by atoms with van der Waals surface area (Å²) in [5.41, 5.74) is 4.84. The maximum absolute atomic E-state index is 15.7. The summed E-state index contributed by atoms with van der Waals surface area (Å²) in [5.74, 6) is 1.31. The standard InChI is InChI=1S/C28H32FN5O/c1-3-35-27-31-26(32-33-27)25-16-22(19(2)15-24(25)21-5-4-6-21)18-34-13-11-28(29,12-14-34)23-9-7-20(17-30)8-10-23/h7-10,15-16,21H,3-6,11-14,18H2,1-2H3,(H,31,32,33). The van der Waals surface area contributed by atoms with Crippen LogP contribution in [0.4, 0.5) is 4.39 Å². The third-order valence-electron chi connectivity index (χ3n) is 7.62. The molecule has 5 rings (SSSR count). The molecule has 0 bridgehead atoms. The van der Waals surface area contributed by atoms with E-state index in [0.717, 1.165) is 17.9 Å². The van der Waals surface area contributed by atoms with Crippen LogP contribution in [0.2, 0.25) is 0 Å². The van der Waals surface area contributed by atoms with Crippen molar-refractivity contribution in [3.05, 3.63) is 64.2 Å². The van der Waals surface area contributed by atoms with Crippen molar-refractivity contribution in [2.75, 3.05) is 19.7 Å². The van der Waals surface area contributed by atoms with Crippen molar-refractivity contribution in [3.8, 4) is 23.5 Å². The number of nitrogens with one attached hydrogen (secondary N) is 1. The maximum atomic E-state index is 15.7. The zero-order valence-corrected chi connectivity index (χ0v) is 20.5. The van der Waals surface area contributed by atoms with Crippen LogP contribution in [0, 0.1) is 18.3 Å². The highest BCUT2D eigenvalue weighted by Crippen LogP contribution is 2.42. The summed E-state index contributed by atoms with van der Waals surface area (Å²) in [6.45, 7) is 6.78. The number of piperidine rings is 1. The van der Waals surface area contributed by atoms with Gasteiger partial charge >= 0.3 is 6.01 Å². The van der Waals surface area contributed by atoms with E-state index in [9.17, 15) is 0 Å². The Kier molecular flexibility index (Phi) is 6.57. The Morgan fingerprint density at radius 1 is 1.20 bits per heavy atom. The van der Waals surface area contributed by atoms with E-state index >= 15 is 4.39 Å². The number of halogens is 1. The lowest BCUT2D eigenvalue weighted by Gasteiger charge is -2.37. The summed E-state index contributed by atoms with van der Waals surface area (Å²) in [6.07, 6.45) is 4.58. The summed E-state index contributed by atoms with van der Waals surface area (Å²) in [6, 6.07) is 14.0. The van der Waals surface area contributed by atoms with E-state index in [1.165, 1.54) is 36.0 Å². The molecule has 2 aliphatic rings. The molecule has 0 radical (unpaired) electrons. The van der Waals surface area contributed by atoms with Crippen molar-refractivity contribution >= 4 is 0 Å².